The Morgan fingerprint density at radius 3 is 2.68 bits per heavy atom. The number of rotatable bonds is 6. The van der Waals surface area contributed by atoms with Crippen molar-refractivity contribution in [2.75, 3.05) is 6.61 Å². The normalized spacial score (nSPS) is 14.0. The topological polar surface area (TPSA) is 77.2 Å². The third-order valence-electron chi connectivity index (χ3n) is 2.59. The van der Waals surface area contributed by atoms with Crippen molar-refractivity contribution in [3.05, 3.63) is 23.4 Å². The number of amides is 1. The predicted octanol–water partition coefficient (Wildman–Crippen LogP) is 1.60. The Hall–Kier alpha value is -1.33. The molecule has 3 N–H and O–H groups in total. The van der Waals surface area contributed by atoms with Gasteiger partial charge in [0, 0.05) is 12.3 Å². The highest BCUT2D eigenvalue weighted by Crippen LogP contribution is 2.11. The maximum atomic E-state index is 11.7. The first-order chi connectivity index (χ1) is 8.90. The molecule has 106 valence electrons. The van der Waals surface area contributed by atoms with Crippen LogP contribution in [-0.4, -0.2) is 29.6 Å². The monoisotopic (exact) mass is 285 g/mol. The summed E-state index contributed by atoms with van der Waals surface area (Å²) in [5.74, 6) is 0.403. The molecule has 1 aromatic rings. The Balaban J connectivity index is 2.37. The number of nitrogens with one attached hydrogen (secondary N) is 1. The fourth-order valence-electron chi connectivity index (χ4n) is 1.34. The first-order valence-electron chi connectivity index (χ1n) is 6.20. The lowest BCUT2D eigenvalue weighted by molar-refractivity contribution is -0.124. The van der Waals surface area contributed by atoms with E-state index < -0.39 is 6.04 Å². The zero-order chi connectivity index (χ0) is 14.4. The summed E-state index contributed by atoms with van der Waals surface area (Å²) in [7, 11) is 0. The maximum absolute atomic E-state index is 11.7. The first kappa shape index (κ1) is 15.7. The van der Waals surface area contributed by atoms with Crippen molar-refractivity contribution in [3.8, 4) is 5.88 Å². The lowest BCUT2D eigenvalue weighted by Crippen LogP contribution is -2.48. The Labute approximate surface area is 118 Å². The molecule has 6 heteroatoms. The minimum atomic E-state index is -0.504. The van der Waals surface area contributed by atoms with Crippen LogP contribution in [0.25, 0.3) is 0 Å². The van der Waals surface area contributed by atoms with Gasteiger partial charge in [-0.2, -0.15) is 0 Å². The molecule has 0 radical (unpaired) electrons. The average Bonchev–Trinajstić information content (AvgIpc) is 2.37. The summed E-state index contributed by atoms with van der Waals surface area (Å²) in [6.07, 6.45) is 1.51. The maximum Gasteiger partial charge on any atom is 0.237 e. The van der Waals surface area contributed by atoms with Crippen molar-refractivity contribution < 1.29 is 9.53 Å². The molecule has 5 nitrogen and oxygen atoms in total. The Morgan fingerprint density at radius 1 is 1.47 bits per heavy atom. The van der Waals surface area contributed by atoms with Gasteiger partial charge in [0.2, 0.25) is 11.8 Å². The fraction of sp³-hybridized carbons (Fsp3) is 0.538. The number of nitrogens with two attached hydrogens (primary N) is 1. The van der Waals surface area contributed by atoms with Crippen molar-refractivity contribution in [2.45, 2.75) is 32.9 Å². The molecule has 1 rings (SSSR count). The van der Waals surface area contributed by atoms with Crippen LogP contribution >= 0.6 is 11.6 Å². The van der Waals surface area contributed by atoms with Gasteiger partial charge in [0.05, 0.1) is 17.1 Å². The number of carbonyl (C=O) groups excluding carboxylic acids is 1. The van der Waals surface area contributed by atoms with Gasteiger partial charge in [0.25, 0.3) is 0 Å². The Kier molecular flexibility index (Phi) is 6.05. The largest absolute Gasteiger partial charge is 0.475 e. The van der Waals surface area contributed by atoms with Gasteiger partial charge in [-0.1, -0.05) is 25.4 Å². The average molecular weight is 286 g/mol. The van der Waals surface area contributed by atoms with Crippen LogP contribution in [0.2, 0.25) is 5.02 Å². The SMILES string of the molecule is CC(COc1ccc(Cl)cn1)NC(=O)[C@@H](N)C(C)C. The van der Waals surface area contributed by atoms with Crippen LogP contribution in [0.1, 0.15) is 20.8 Å². The summed E-state index contributed by atoms with van der Waals surface area (Å²) in [4.78, 5) is 15.7. The summed E-state index contributed by atoms with van der Waals surface area (Å²) in [6, 6.07) is 2.73. The standard InChI is InChI=1S/C13H20ClN3O2/c1-8(2)12(15)13(18)17-9(3)7-19-11-5-4-10(14)6-16-11/h4-6,8-9,12H,7,15H2,1-3H3,(H,17,18)/t9?,12-/m0/s1. The lowest BCUT2D eigenvalue weighted by atomic mass is 10.0. The van der Waals surface area contributed by atoms with Crippen molar-refractivity contribution >= 4 is 17.5 Å². The summed E-state index contributed by atoms with van der Waals surface area (Å²) < 4.78 is 5.44. The smallest absolute Gasteiger partial charge is 0.237 e. The van der Waals surface area contributed by atoms with Crippen LogP contribution in [0.5, 0.6) is 5.88 Å². The number of halogens is 1. The van der Waals surface area contributed by atoms with Gasteiger partial charge in [0.1, 0.15) is 6.61 Å². The molecular weight excluding hydrogens is 266 g/mol. The molecule has 0 aromatic carbocycles. The third-order valence-corrected chi connectivity index (χ3v) is 2.81. The molecule has 0 saturated heterocycles. The van der Waals surface area contributed by atoms with Gasteiger partial charge in [-0.15, -0.1) is 0 Å². The molecule has 0 aliphatic heterocycles. The van der Waals surface area contributed by atoms with E-state index in [9.17, 15) is 4.79 Å². The minimum absolute atomic E-state index is 0.103. The molecule has 1 amide bonds. The Morgan fingerprint density at radius 2 is 2.16 bits per heavy atom. The third kappa shape index (κ3) is 5.44. The van der Waals surface area contributed by atoms with Crippen LogP contribution in [0.15, 0.2) is 18.3 Å². The van der Waals surface area contributed by atoms with Gasteiger partial charge < -0.3 is 15.8 Å². The van der Waals surface area contributed by atoms with E-state index in [0.717, 1.165) is 0 Å². The number of hydrogen-bond donors (Lipinski definition) is 2. The molecule has 0 bridgehead atoms. The van der Waals surface area contributed by atoms with Crippen molar-refractivity contribution in [1.82, 2.24) is 10.3 Å². The summed E-state index contributed by atoms with van der Waals surface area (Å²) in [6.45, 7) is 5.98. The second kappa shape index (κ2) is 7.31. The van der Waals surface area contributed by atoms with Crippen molar-refractivity contribution in [1.29, 1.82) is 0 Å². The predicted molar refractivity (Wildman–Crippen MR) is 75.2 cm³/mol. The van der Waals surface area contributed by atoms with Crippen LogP contribution in [0, 0.1) is 5.92 Å². The minimum Gasteiger partial charge on any atom is -0.475 e. The highest BCUT2D eigenvalue weighted by Gasteiger charge is 2.18. The van der Waals surface area contributed by atoms with Crippen LogP contribution in [-0.2, 0) is 4.79 Å². The highest BCUT2D eigenvalue weighted by atomic mass is 35.5. The summed E-state index contributed by atoms with van der Waals surface area (Å²) in [5.41, 5.74) is 5.75. The molecule has 0 spiro atoms. The number of aromatic nitrogens is 1. The first-order valence-corrected chi connectivity index (χ1v) is 6.58. The van der Waals surface area contributed by atoms with Gasteiger partial charge in [0.15, 0.2) is 0 Å². The molecule has 0 aliphatic carbocycles. The molecular formula is C13H20ClN3O2. The van der Waals surface area contributed by atoms with E-state index in [1.54, 1.807) is 12.1 Å². The molecule has 0 fully saturated rings. The number of pyridine rings is 1. The van der Waals surface area contributed by atoms with Crippen LogP contribution in [0.3, 0.4) is 0 Å². The van der Waals surface area contributed by atoms with E-state index in [0.29, 0.717) is 17.5 Å². The lowest BCUT2D eigenvalue weighted by Gasteiger charge is -2.19. The zero-order valence-corrected chi connectivity index (χ0v) is 12.1. The van der Waals surface area contributed by atoms with E-state index in [-0.39, 0.29) is 17.9 Å². The molecule has 0 saturated carbocycles. The molecule has 19 heavy (non-hydrogen) atoms. The molecule has 2 atom stereocenters. The van der Waals surface area contributed by atoms with E-state index in [1.807, 2.05) is 20.8 Å². The summed E-state index contributed by atoms with van der Waals surface area (Å²) in [5, 5.41) is 3.35. The second-order valence-electron chi connectivity index (χ2n) is 4.81. The molecule has 1 aromatic heterocycles. The second-order valence-corrected chi connectivity index (χ2v) is 5.24. The summed E-state index contributed by atoms with van der Waals surface area (Å²) >= 11 is 5.72. The molecule has 1 unspecified atom stereocenters. The number of ether oxygens (including phenoxy) is 1. The van der Waals surface area contributed by atoms with E-state index in [4.69, 9.17) is 22.1 Å². The van der Waals surface area contributed by atoms with Gasteiger partial charge in [-0.05, 0) is 18.9 Å². The number of nitrogens with zero attached hydrogens (tertiary/aromatic N) is 1. The van der Waals surface area contributed by atoms with Gasteiger partial charge >= 0.3 is 0 Å². The quantitative estimate of drug-likeness (QED) is 0.832. The van der Waals surface area contributed by atoms with Crippen molar-refractivity contribution in [2.24, 2.45) is 11.7 Å². The fourth-order valence-corrected chi connectivity index (χ4v) is 1.45. The number of carbonyl (C=O) groups is 1. The van der Waals surface area contributed by atoms with E-state index >= 15 is 0 Å². The van der Waals surface area contributed by atoms with Crippen LogP contribution < -0.4 is 15.8 Å². The van der Waals surface area contributed by atoms with Gasteiger partial charge in [-0.25, -0.2) is 4.98 Å². The van der Waals surface area contributed by atoms with E-state index in [1.165, 1.54) is 6.20 Å². The molecule has 0 aliphatic rings. The van der Waals surface area contributed by atoms with E-state index in [2.05, 4.69) is 10.3 Å². The zero-order valence-electron chi connectivity index (χ0n) is 11.4. The van der Waals surface area contributed by atoms with Gasteiger partial charge in [-0.3, -0.25) is 4.79 Å². The molecule has 1 heterocycles. The Bertz CT molecular complexity index is 409. The van der Waals surface area contributed by atoms with Crippen LogP contribution in [0.4, 0.5) is 0 Å². The highest BCUT2D eigenvalue weighted by molar-refractivity contribution is 6.30. The number of hydrogen-bond acceptors (Lipinski definition) is 4. The van der Waals surface area contributed by atoms with Crippen molar-refractivity contribution in [3.63, 3.8) is 0 Å².